The Labute approximate surface area is 203 Å². The van der Waals surface area contributed by atoms with Crippen molar-refractivity contribution in [3.05, 3.63) is 35.5 Å². The van der Waals surface area contributed by atoms with Crippen LogP contribution in [0.1, 0.15) is 75.3 Å². The topological polar surface area (TPSA) is 87.5 Å². The molecule has 0 saturated carbocycles. The number of hydrogen-bond acceptors (Lipinski definition) is 5. The minimum Gasteiger partial charge on any atom is -0.370 e. The van der Waals surface area contributed by atoms with Crippen molar-refractivity contribution in [2.75, 3.05) is 36.4 Å². The maximum absolute atomic E-state index is 13.7. The van der Waals surface area contributed by atoms with Crippen molar-refractivity contribution in [1.29, 1.82) is 0 Å². The number of anilines is 2. The Bertz CT molecular complexity index is 1140. The second kappa shape index (κ2) is 9.70. The van der Waals surface area contributed by atoms with Crippen LogP contribution in [0, 0.1) is 6.92 Å². The van der Waals surface area contributed by atoms with Gasteiger partial charge < -0.3 is 10.2 Å². The first-order valence-electron chi connectivity index (χ1n) is 12.3. The van der Waals surface area contributed by atoms with E-state index in [0.29, 0.717) is 30.2 Å². The maximum atomic E-state index is 13.7. The fourth-order valence-electron chi connectivity index (χ4n) is 4.79. The zero-order valence-electron chi connectivity index (χ0n) is 20.8. The van der Waals surface area contributed by atoms with Gasteiger partial charge in [-0.05, 0) is 78.0 Å². The summed E-state index contributed by atoms with van der Waals surface area (Å²) in [7, 11) is -3.70. The summed E-state index contributed by atoms with van der Waals surface area (Å²) in [6.07, 6.45) is 6.03. The highest BCUT2D eigenvalue weighted by Crippen LogP contribution is 2.33. The molecule has 0 radical (unpaired) electrons. The summed E-state index contributed by atoms with van der Waals surface area (Å²) >= 11 is 0. The number of piperidine rings is 2. The quantitative estimate of drug-likeness (QED) is 0.677. The van der Waals surface area contributed by atoms with Gasteiger partial charge in [0.15, 0.2) is 0 Å². The zero-order chi connectivity index (χ0) is 24.5. The minimum absolute atomic E-state index is 0.240. The predicted molar refractivity (Wildman–Crippen MR) is 135 cm³/mol. The van der Waals surface area contributed by atoms with Gasteiger partial charge in [-0.2, -0.15) is 9.40 Å². The zero-order valence-corrected chi connectivity index (χ0v) is 21.6. The van der Waals surface area contributed by atoms with E-state index >= 15 is 0 Å². The van der Waals surface area contributed by atoms with E-state index in [4.69, 9.17) is 0 Å². The summed E-state index contributed by atoms with van der Waals surface area (Å²) in [6.45, 7) is 10.7. The van der Waals surface area contributed by atoms with E-state index in [-0.39, 0.29) is 16.3 Å². The molecule has 9 heteroatoms. The summed E-state index contributed by atoms with van der Waals surface area (Å²) in [5.74, 6) is 0.251. The molecule has 2 aromatic rings. The molecule has 1 aromatic carbocycles. The summed E-state index contributed by atoms with van der Waals surface area (Å²) in [5, 5.41) is 7.47. The first-order valence-corrected chi connectivity index (χ1v) is 13.8. The molecule has 0 bridgehead atoms. The van der Waals surface area contributed by atoms with Crippen LogP contribution in [-0.2, 0) is 15.6 Å². The molecule has 34 heavy (non-hydrogen) atoms. The summed E-state index contributed by atoms with van der Waals surface area (Å²) < 4.78 is 30.8. The highest BCUT2D eigenvalue weighted by molar-refractivity contribution is 7.89. The molecule has 0 aliphatic carbocycles. The Hall–Kier alpha value is -2.39. The molecule has 2 saturated heterocycles. The number of benzene rings is 1. The van der Waals surface area contributed by atoms with Gasteiger partial charge in [-0.25, -0.2) is 13.1 Å². The van der Waals surface area contributed by atoms with Gasteiger partial charge in [0.05, 0.1) is 16.9 Å². The number of hydrogen-bond donors (Lipinski definition) is 1. The van der Waals surface area contributed by atoms with Gasteiger partial charge >= 0.3 is 0 Å². The van der Waals surface area contributed by atoms with Crippen molar-refractivity contribution in [3.63, 3.8) is 0 Å². The number of sulfonamides is 1. The fourth-order valence-corrected chi connectivity index (χ4v) is 6.55. The van der Waals surface area contributed by atoms with Gasteiger partial charge in [-0.3, -0.25) is 4.79 Å². The molecule has 3 heterocycles. The Morgan fingerprint density at radius 3 is 2.18 bits per heavy atom. The molecule has 2 fully saturated rings. The summed E-state index contributed by atoms with van der Waals surface area (Å²) in [5.41, 5.74) is 1.53. The Morgan fingerprint density at radius 1 is 0.941 bits per heavy atom. The SMILES string of the molecule is Cc1cc(NC(=O)c2ccc(N3CCCCC3)c(S(=O)(=O)N3CCCCC3)c2)n(C(C)(C)C)n1. The third-order valence-corrected chi connectivity index (χ3v) is 8.49. The third kappa shape index (κ3) is 5.15. The van der Waals surface area contributed by atoms with Crippen LogP contribution >= 0.6 is 0 Å². The van der Waals surface area contributed by atoms with Crippen molar-refractivity contribution >= 4 is 27.4 Å². The molecule has 2 aliphatic rings. The number of aromatic nitrogens is 2. The van der Waals surface area contributed by atoms with E-state index in [2.05, 4.69) is 15.3 Å². The Kier molecular flexibility index (Phi) is 7.05. The molecular weight excluding hydrogens is 450 g/mol. The standard InChI is InChI=1S/C25H37N5O3S/c1-19-17-23(30(27-19)25(2,3)4)26-24(31)20-11-12-21(28-13-7-5-8-14-28)22(18-20)34(32,33)29-15-9-6-10-16-29/h11-12,17-18H,5-10,13-16H2,1-4H3,(H,26,31). The molecule has 4 rings (SSSR count). The number of amides is 1. The van der Waals surface area contributed by atoms with E-state index < -0.39 is 10.0 Å². The number of carbonyl (C=O) groups excluding carboxylic acids is 1. The largest absolute Gasteiger partial charge is 0.370 e. The van der Waals surface area contributed by atoms with Crippen LogP contribution in [0.15, 0.2) is 29.2 Å². The van der Waals surface area contributed by atoms with Crippen molar-refractivity contribution in [3.8, 4) is 0 Å². The van der Waals surface area contributed by atoms with Crippen molar-refractivity contribution in [2.45, 2.75) is 76.7 Å². The average molecular weight is 488 g/mol. The normalized spacial score (nSPS) is 18.2. The number of rotatable bonds is 5. The Balaban J connectivity index is 1.70. The van der Waals surface area contributed by atoms with Crippen LogP contribution in [0.5, 0.6) is 0 Å². The van der Waals surface area contributed by atoms with Crippen LogP contribution in [0.4, 0.5) is 11.5 Å². The van der Waals surface area contributed by atoms with E-state index in [1.807, 2.05) is 39.8 Å². The molecule has 1 N–H and O–H groups in total. The molecule has 0 atom stereocenters. The van der Waals surface area contributed by atoms with E-state index in [0.717, 1.165) is 57.3 Å². The molecule has 0 spiro atoms. The maximum Gasteiger partial charge on any atom is 0.256 e. The number of carbonyl (C=O) groups is 1. The van der Waals surface area contributed by atoms with Gasteiger partial charge in [0, 0.05) is 37.8 Å². The smallest absolute Gasteiger partial charge is 0.256 e. The van der Waals surface area contributed by atoms with Crippen LogP contribution in [0.3, 0.4) is 0 Å². The highest BCUT2D eigenvalue weighted by atomic mass is 32.2. The monoisotopic (exact) mass is 487 g/mol. The van der Waals surface area contributed by atoms with Crippen LogP contribution < -0.4 is 10.2 Å². The second-order valence-electron chi connectivity index (χ2n) is 10.4. The van der Waals surface area contributed by atoms with Gasteiger partial charge in [0.25, 0.3) is 5.91 Å². The first kappa shape index (κ1) is 24.7. The van der Waals surface area contributed by atoms with Crippen molar-refractivity contribution in [1.82, 2.24) is 14.1 Å². The lowest BCUT2D eigenvalue weighted by Gasteiger charge is -2.33. The van der Waals surface area contributed by atoms with Gasteiger partial charge in [0.1, 0.15) is 10.7 Å². The summed E-state index contributed by atoms with van der Waals surface area (Å²) in [6, 6.07) is 6.94. The minimum atomic E-state index is -3.70. The van der Waals surface area contributed by atoms with Crippen LogP contribution in [0.2, 0.25) is 0 Å². The lowest BCUT2D eigenvalue weighted by Crippen LogP contribution is -2.37. The molecule has 1 aromatic heterocycles. The van der Waals surface area contributed by atoms with E-state index in [9.17, 15) is 13.2 Å². The molecular formula is C25H37N5O3S. The fraction of sp³-hybridized carbons (Fsp3) is 0.600. The molecule has 186 valence electrons. The number of nitrogens with one attached hydrogen (secondary N) is 1. The number of nitrogens with zero attached hydrogens (tertiary/aromatic N) is 4. The second-order valence-corrected chi connectivity index (χ2v) is 12.3. The molecule has 0 unspecified atom stereocenters. The van der Waals surface area contributed by atoms with Gasteiger partial charge in [-0.1, -0.05) is 6.42 Å². The van der Waals surface area contributed by atoms with Crippen LogP contribution in [-0.4, -0.2) is 54.6 Å². The van der Waals surface area contributed by atoms with Gasteiger partial charge in [-0.15, -0.1) is 0 Å². The predicted octanol–water partition coefficient (Wildman–Crippen LogP) is 4.36. The van der Waals surface area contributed by atoms with Crippen molar-refractivity contribution in [2.24, 2.45) is 0 Å². The summed E-state index contributed by atoms with van der Waals surface area (Å²) in [4.78, 5) is 15.7. The van der Waals surface area contributed by atoms with E-state index in [1.54, 1.807) is 21.1 Å². The van der Waals surface area contributed by atoms with Crippen LogP contribution in [0.25, 0.3) is 0 Å². The van der Waals surface area contributed by atoms with E-state index in [1.165, 1.54) is 0 Å². The highest BCUT2D eigenvalue weighted by Gasteiger charge is 2.31. The molecule has 1 amide bonds. The Morgan fingerprint density at radius 2 is 1.56 bits per heavy atom. The van der Waals surface area contributed by atoms with Crippen molar-refractivity contribution < 1.29 is 13.2 Å². The third-order valence-electron chi connectivity index (χ3n) is 6.56. The lowest BCUT2D eigenvalue weighted by atomic mass is 10.1. The lowest BCUT2D eigenvalue weighted by molar-refractivity contribution is 0.102. The molecule has 2 aliphatic heterocycles. The molecule has 8 nitrogen and oxygen atoms in total. The number of aryl methyl sites for hydroxylation is 1. The van der Waals surface area contributed by atoms with Gasteiger partial charge in [0.2, 0.25) is 10.0 Å². The average Bonchev–Trinajstić information content (AvgIpc) is 3.20. The first-order chi connectivity index (χ1) is 16.1.